The van der Waals surface area contributed by atoms with Gasteiger partial charge in [-0.3, -0.25) is 4.79 Å². The molecule has 0 aliphatic carbocycles. The van der Waals surface area contributed by atoms with Crippen molar-refractivity contribution in [1.82, 2.24) is 4.98 Å². The number of carbonyl (C=O) groups is 1. The maximum atomic E-state index is 11.2. The lowest BCUT2D eigenvalue weighted by atomic mass is 10.2. The number of esters is 1. The molecule has 4 heteroatoms. The van der Waals surface area contributed by atoms with Crippen LogP contribution in [0.2, 0.25) is 0 Å². The van der Waals surface area contributed by atoms with Gasteiger partial charge in [0.05, 0.1) is 4.47 Å². The van der Waals surface area contributed by atoms with Crippen LogP contribution in [-0.2, 0) is 4.79 Å². The smallest absolute Gasteiger partial charge is 0.312 e. The number of unbranched alkanes of at least 4 members (excludes halogenated alkanes) is 1. The Morgan fingerprint density at radius 3 is 3.07 bits per heavy atom. The summed E-state index contributed by atoms with van der Waals surface area (Å²) in [6.07, 6.45) is 3.87. The molecule has 0 saturated heterocycles. The van der Waals surface area contributed by atoms with Crippen LogP contribution in [0.15, 0.2) is 22.8 Å². The Bertz CT molecular complexity index is 315. The molecule has 0 N–H and O–H groups in total. The van der Waals surface area contributed by atoms with Crippen molar-refractivity contribution in [2.45, 2.75) is 26.2 Å². The molecule has 0 amide bonds. The zero-order chi connectivity index (χ0) is 10.4. The maximum absolute atomic E-state index is 11.2. The summed E-state index contributed by atoms with van der Waals surface area (Å²) >= 11 is 3.25. The minimum Gasteiger partial charge on any atom is -0.406 e. The summed E-state index contributed by atoms with van der Waals surface area (Å²) in [6.45, 7) is 2.03. The van der Waals surface area contributed by atoms with Crippen molar-refractivity contribution in [2.24, 2.45) is 0 Å². The first kappa shape index (κ1) is 11.2. The van der Waals surface area contributed by atoms with Crippen LogP contribution in [0.4, 0.5) is 0 Å². The molecule has 0 aromatic carbocycles. The molecule has 0 aliphatic rings. The fourth-order valence-corrected chi connectivity index (χ4v) is 1.26. The number of carbonyl (C=O) groups excluding carboxylic acids is 1. The van der Waals surface area contributed by atoms with E-state index in [2.05, 4.69) is 20.9 Å². The van der Waals surface area contributed by atoms with E-state index in [-0.39, 0.29) is 5.97 Å². The largest absolute Gasteiger partial charge is 0.406 e. The molecule has 1 aromatic heterocycles. The van der Waals surface area contributed by atoms with Crippen molar-refractivity contribution in [2.75, 3.05) is 0 Å². The molecule has 14 heavy (non-hydrogen) atoms. The number of halogens is 1. The van der Waals surface area contributed by atoms with Crippen LogP contribution in [0, 0.1) is 0 Å². The highest BCUT2D eigenvalue weighted by Crippen LogP contribution is 2.21. The van der Waals surface area contributed by atoms with E-state index in [4.69, 9.17) is 4.74 Å². The summed E-state index contributed by atoms with van der Waals surface area (Å²) in [5.41, 5.74) is 0. The monoisotopic (exact) mass is 257 g/mol. The van der Waals surface area contributed by atoms with Gasteiger partial charge in [-0.2, -0.15) is 0 Å². The molecule has 0 aliphatic heterocycles. The Labute approximate surface area is 91.6 Å². The summed E-state index contributed by atoms with van der Waals surface area (Å²) in [5, 5.41) is 0. The number of pyridine rings is 1. The van der Waals surface area contributed by atoms with Gasteiger partial charge >= 0.3 is 5.97 Å². The summed E-state index contributed by atoms with van der Waals surface area (Å²) in [4.78, 5) is 15.2. The van der Waals surface area contributed by atoms with Gasteiger partial charge in [0, 0.05) is 12.6 Å². The second kappa shape index (κ2) is 5.75. The molecule has 3 nitrogen and oxygen atoms in total. The third-order valence-corrected chi connectivity index (χ3v) is 2.27. The number of hydrogen-bond acceptors (Lipinski definition) is 3. The highest BCUT2D eigenvalue weighted by atomic mass is 79.9. The first-order valence-corrected chi connectivity index (χ1v) is 5.34. The van der Waals surface area contributed by atoms with E-state index in [0.29, 0.717) is 16.8 Å². The van der Waals surface area contributed by atoms with Gasteiger partial charge in [-0.1, -0.05) is 13.3 Å². The third-order valence-electron chi connectivity index (χ3n) is 1.67. The normalized spacial score (nSPS) is 9.86. The van der Waals surface area contributed by atoms with Crippen molar-refractivity contribution in [3.05, 3.63) is 22.8 Å². The van der Waals surface area contributed by atoms with Crippen molar-refractivity contribution in [3.8, 4) is 5.88 Å². The van der Waals surface area contributed by atoms with Gasteiger partial charge in [-0.15, -0.1) is 0 Å². The van der Waals surface area contributed by atoms with Gasteiger partial charge < -0.3 is 4.74 Å². The third kappa shape index (κ3) is 3.46. The van der Waals surface area contributed by atoms with Gasteiger partial charge in [0.25, 0.3) is 0 Å². The Kier molecular flexibility index (Phi) is 4.59. The van der Waals surface area contributed by atoms with Gasteiger partial charge in [0.2, 0.25) is 5.88 Å². The minimum absolute atomic E-state index is 0.230. The van der Waals surface area contributed by atoms with Gasteiger partial charge in [0.1, 0.15) is 0 Å². The molecule has 1 rings (SSSR count). The molecule has 1 aromatic rings. The molecule has 0 fully saturated rings. The van der Waals surface area contributed by atoms with E-state index >= 15 is 0 Å². The van der Waals surface area contributed by atoms with E-state index < -0.39 is 0 Å². The Morgan fingerprint density at radius 1 is 1.64 bits per heavy atom. The van der Waals surface area contributed by atoms with Crippen LogP contribution in [0.3, 0.4) is 0 Å². The Morgan fingerprint density at radius 2 is 2.43 bits per heavy atom. The fourth-order valence-electron chi connectivity index (χ4n) is 0.926. The predicted molar refractivity (Wildman–Crippen MR) is 57.1 cm³/mol. The predicted octanol–water partition coefficient (Wildman–Crippen LogP) is 2.94. The highest BCUT2D eigenvalue weighted by molar-refractivity contribution is 9.10. The van der Waals surface area contributed by atoms with Crippen molar-refractivity contribution < 1.29 is 9.53 Å². The molecule has 0 bridgehead atoms. The van der Waals surface area contributed by atoms with Crippen LogP contribution in [0.5, 0.6) is 5.88 Å². The number of rotatable bonds is 4. The van der Waals surface area contributed by atoms with Crippen LogP contribution in [-0.4, -0.2) is 11.0 Å². The van der Waals surface area contributed by atoms with E-state index in [1.807, 2.05) is 6.92 Å². The summed E-state index contributed by atoms with van der Waals surface area (Å²) in [7, 11) is 0. The first-order valence-electron chi connectivity index (χ1n) is 4.55. The topological polar surface area (TPSA) is 39.2 Å². The lowest BCUT2D eigenvalue weighted by Gasteiger charge is -2.03. The zero-order valence-electron chi connectivity index (χ0n) is 8.00. The SMILES string of the molecule is CCCCC(=O)Oc1ncccc1Br. The van der Waals surface area contributed by atoms with Crippen molar-refractivity contribution in [1.29, 1.82) is 0 Å². The molecule has 1 heterocycles. The van der Waals surface area contributed by atoms with E-state index in [0.717, 1.165) is 12.8 Å². The van der Waals surface area contributed by atoms with Gasteiger partial charge in [-0.25, -0.2) is 4.98 Å². The van der Waals surface area contributed by atoms with Gasteiger partial charge in [0.15, 0.2) is 0 Å². The summed E-state index contributed by atoms with van der Waals surface area (Å²) in [6, 6.07) is 3.56. The maximum Gasteiger partial charge on any atom is 0.312 e. The number of hydrogen-bond donors (Lipinski definition) is 0. The average Bonchev–Trinajstić information content (AvgIpc) is 2.18. The average molecular weight is 258 g/mol. The molecular formula is C10H12BrNO2. The van der Waals surface area contributed by atoms with E-state index in [1.54, 1.807) is 18.3 Å². The standard InChI is InChI=1S/C10H12BrNO2/c1-2-3-6-9(13)14-10-8(11)5-4-7-12-10/h4-5,7H,2-3,6H2,1H3. The molecule has 0 saturated carbocycles. The van der Waals surface area contributed by atoms with E-state index in [9.17, 15) is 4.79 Å². The molecule has 0 atom stereocenters. The highest BCUT2D eigenvalue weighted by Gasteiger charge is 2.07. The van der Waals surface area contributed by atoms with Crippen LogP contribution in [0.1, 0.15) is 26.2 Å². The number of nitrogens with zero attached hydrogens (tertiary/aromatic N) is 1. The lowest BCUT2D eigenvalue weighted by Crippen LogP contribution is -2.08. The zero-order valence-corrected chi connectivity index (χ0v) is 9.58. The van der Waals surface area contributed by atoms with Crippen LogP contribution >= 0.6 is 15.9 Å². The molecule has 76 valence electrons. The van der Waals surface area contributed by atoms with Crippen molar-refractivity contribution >= 4 is 21.9 Å². The van der Waals surface area contributed by atoms with Gasteiger partial charge in [-0.05, 0) is 34.5 Å². The quantitative estimate of drug-likeness (QED) is 0.779. The second-order valence-electron chi connectivity index (χ2n) is 2.87. The minimum atomic E-state index is -0.230. The number of aromatic nitrogens is 1. The van der Waals surface area contributed by atoms with Crippen LogP contribution < -0.4 is 4.74 Å². The molecule has 0 spiro atoms. The fraction of sp³-hybridized carbons (Fsp3) is 0.400. The number of ether oxygens (including phenoxy) is 1. The van der Waals surface area contributed by atoms with E-state index in [1.165, 1.54) is 0 Å². The molecule has 0 radical (unpaired) electrons. The second-order valence-corrected chi connectivity index (χ2v) is 3.72. The first-order chi connectivity index (χ1) is 6.74. The Hall–Kier alpha value is -0.900. The lowest BCUT2D eigenvalue weighted by molar-refractivity contribution is -0.134. The summed E-state index contributed by atoms with van der Waals surface area (Å²) < 4.78 is 5.75. The summed E-state index contributed by atoms with van der Waals surface area (Å²) in [5.74, 6) is 0.111. The van der Waals surface area contributed by atoms with Crippen LogP contribution in [0.25, 0.3) is 0 Å². The Balaban J connectivity index is 2.52. The van der Waals surface area contributed by atoms with Crippen molar-refractivity contribution in [3.63, 3.8) is 0 Å². The molecule has 0 unspecified atom stereocenters. The molecular weight excluding hydrogens is 246 g/mol.